The summed E-state index contributed by atoms with van der Waals surface area (Å²) in [5, 5.41) is 1.23. The highest BCUT2D eigenvalue weighted by atomic mass is 32.1. The Labute approximate surface area is 125 Å². The van der Waals surface area contributed by atoms with E-state index in [1.165, 1.54) is 29.1 Å². The van der Waals surface area contributed by atoms with Crippen LogP contribution in [0.4, 0.5) is 0 Å². The number of rotatable bonds is 4. The van der Waals surface area contributed by atoms with Crippen LogP contribution in [0, 0.1) is 12.8 Å². The van der Waals surface area contributed by atoms with Gasteiger partial charge in [0.25, 0.3) is 0 Å². The van der Waals surface area contributed by atoms with Crippen LogP contribution in [0.3, 0.4) is 0 Å². The largest absolute Gasteiger partial charge is 0.353 e. The number of hydrogen-bond acceptors (Lipinski definition) is 4. The van der Waals surface area contributed by atoms with Crippen molar-refractivity contribution in [2.75, 3.05) is 13.2 Å². The molecule has 0 amide bonds. The highest BCUT2D eigenvalue weighted by Gasteiger charge is 2.27. The van der Waals surface area contributed by atoms with E-state index in [4.69, 9.17) is 9.47 Å². The molecule has 3 rings (SSSR count). The fraction of sp³-hybridized carbons (Fsp3) is 0.688. The first-order valence-corrected chi connectivity index (χ1v) is 8.47. The van der Waals surface area contributed by atoms with Gasteiger partial charge in [-0.15, -0.1) is 11.3 Å². The van der Waals surface area contributed by atoms with Gasteiger partial charge in [-0.05, 0) is 44.9 Å². The average molecular weight is 293 g/mol. The molecular weight excluding hydrogens is 270 g/mol. The summed E-state index contributed by atoms with van der Waals surface area (Å²) in [7, 11) is 0. The molecular formula is C16H23NO2S. The molecule has 1 aromatic rings. The molecule has 1 fully saturated rings. The number of nitrogens with zero attached hydrogens (tertiary/aromatic N) is 1. The Bertz CT molecular complexity index is 451. The molecule has 2 aliphatic rings. The molecule has 20 heavy (non-hydrogen) atoms. The Balaban J connectivity index is 1.60. The van der Waals surface area contributed by atoms with E-state index >= 15 is 0 Å². The van der Waals surface area contributed by atoms with Crippen molar-refractivity contribution >= 4 is 11.3 Å². The fourth-order valence-electron chi connectivity index (χ4n) is 2.96. The van der Waals surface area contributed by atoms with Crippen molar-refractivity contribution in [1.29, 1.82) is 0 Å². The van der Waals surface area contributed by atoms with Crippen LogP contribution in [-0.4, -0.2) is 24.5 Å². The molecule has 1 aliphatic heterocycles. The van der Waals surface area contributed by atoms with Crippen LogP contribution in [-0.2, 0) is 9.47 Å². The number of hydrogen-bond donors (Lipinski definition) is 0. The molecule has 3 nitrogen and oxygen atoms in total. The van der Waals surface area contributed by atoms with E-state index in [1.807, 2.05) is 17.5 Å². The van der Waals surface area contributed by atoms with Crippen molar-refractivity contribution in [2.45, 2.75) is 51.2 Å². The van der Waals surface area contributed by atoms with Crippen molar-refractivity contribution in [3.8, 4) is 0 Å². The van der Waals surface area contributed by atoms with Gasteiger partial charge in [-0.2, -0.15) is 0 Å². The van der Waals surface area contributed by atoms with Gasteiger partial charge in [0, 0.05) is 23.6 Å². The summed E-state index contributed by atoms with van der Waals surface area (Å²) in [6.07, 6.45) is 12.4. The second-order valence-corrected chi connectivity index (χ2v) is 7.00. The van der Waals surface area contributed by atoms with Crippen molar-refractivity contribution in [3.05, 3.63) is 28.2 Å². The molecule has 0 saturated carbocycles. The van der Waals surface area contributed by atoms with Gasteiger partial charge in [-0.1, -0.05) is 12.2 Å². The molecule has 0 bridgehead atoms. The third-order valence-corrected chi connectivity index (χ3v) is 5.13. The average Bonchev–Trinajstić information content (AvgIpc) is 2.93. The lowest BCUT2D eigenvalue weighted by Gasteiger charge is -2.29. The lowest BCUT2D eigenvalue weighted by molar-refractivity contribution is -0.170. The zero-order chi connectivity index (χ0) is 13.8. The summed E-state index contributed by atoms with van der Waals surface area (Å²) < 4.78 is 11.7. The molecule has 0 radical (unpaired) electrons. The van der Waals surface area contributed by atoms with Gasteiger partial charge >= 0.3 is 0 Å². The molecule has 0 aromatic carbocycles. The third-order valence-electron chi connectivity index (χ3n) is 4.11. The lowest BCUT2D eigenvalue weighted by Crippen LogP contribution is -2.27. The Morgan fingerprint density at radius 3 is 3.10 bits per heavy atom. The Kier molecular flexibility index (Phi) is 4.86. The van der Waals surface area contributed by atoms with Gasteiger partial charge in [-0.3, -0.25) is 0 Å². The minimum Gasteiger partial charge on any atom is -0.353 e. The Morgan fingerprint density at radius 2 is 2.35 bits per heavy atom. The first-order valence-electron chi connectivity index (χ1n) is 7.65. The molecule has 2 unspecified atom stereocenters. The van der Waals surface area contributed by atoms with Crippen LogP contribution in [0.25, 0.3) is 0 Å². The predicted octanol–water partition coefficient (Wildman–Crippen LogP) is 4.04. The van der Waals surface area contributed by atoms with Crippen LogP contribution in [0.15, 0.2) is 18.3 Å². The van der Waals surface area contributed by atoms with Crippen LogP contribution in [0.1, 0.15) is 47.9 Å². The molecule has 2 heterocycles. The number of aromatic nitrogens is 1. The summed E-state index contributed by atoms with van der Waals surface area (Å²) in [5.74, 6) is 0.960. The van der Waals surface area contributed by atoms with Gasteiger partial charge < -0.3 is 9.47 Å². The highest BCUT2D eigenvalue weighted by molar-refractivity contribution is 7.11. The first kappa shape index (κ1) is 14.2. The monoisotopic (exact) mass is 293 g/mol. The SMILES string of the molecule is Cc1cnc(C2C=CCC[C@@H]2COC2CCCCO2)s1. The molecule has 3 atom stereocenters. The van der Waals surface area contributed by atoms with E-state index in [0.29, 0.717) is 11.8 Å². The normalized spacial score (nSPS) is 30.6. The zero-order valence-corrected chi connectivity index (χ0v) is 12.9. The van der Waals surface area contributed by atoms with E-state index in [-0.39, 0.29) is 6.29 Å². The highest BCUT2D eigenvalue weighted by Crippen LogP contribution is 2.36. The summed E-state index contributed by atoms with van der Waals surface area (Å²) >= 11 is 1.81. The van der Waals surface area contributed by atoms with E-state index in [1.54, 1.807) is 0 Å². The maximum atomic E-state index is 6.00. The van der Waals surface area contributed by atoms with E-state index in [0.717, 1.165) is 26.1 Å². The van der Waals surface area contributed by atoms with Crippen LogP contribution in [0.5, 0.6) is 0 Å². The maximum Gasteiger partial charge on any atom is 0.157 e. The van der Waals surface area contributed by atoms with Gasteiger partial charge in [0.1, 0.15) is 0 Å². The van der Waals surface area contributed by atoms with E-state index in [2.05, 4.69) is 24.1 Å². The van der Waals surface area contributed by atoms with Crippen LogP contribution < -0.4 is 0 Å². The second kappa shape index (κ2) is 6.83. The number of allylic oxidation sites excluding steroid dienone is 2. The molecule has 4 heteroatoms. The van der Waals surface area contributed by atoms with Crippen molar-refractivity contribution in [1.82, 2.24) is 4.98 Å². The molecule has 1 aromatic heterocycles. The summed E-state index contributed by atoms with van der Waals surface area (Å²) in [6.45, 7) is 3.76. The molecule has 1 saturated heterocycles. The quantitative estimate of drug-likeness (QED) is 0.785. The van der Waals surface area contributed by atoms with Crippen molar-refractivity contribution < 1.29 is 9.47 Å². The number of thiazole rings is 1. The lowest BCUT2D eigenvalue weighted by atomic mass is 9.85. The first-order chi connectivity index (χ1) is 9.83. The summed E-state index contributed by atoms with van der Waals surface area (Å²) in [5.41, 5.74) is 0. The fourth-order valence-corrected chi connectivity index (χ4v) is 3.91. The summed E-state index contributed by atoms with van der Waals surface area (Å²) in [6, 6.07) is 0. The molecule has 0 spiro atoms. The number of ether oxygens (including phenoxy) is 2. The predicted molar refractivity (Wildman–Crippen MR) is 81.0 cm³/mol. The number of aryl methyl sites for hydroxylation is 1. The van der Waals surface area contributed by atoms with Crippen LogP contribution in [0.2, 0.25) is 0 Å². The van der Waals surface area contributed by atoms with Gasteiger partial charge in [0.2, 0.25) is 0 Å². The topological polar surface area (TPSA) is 31.4 Å². The standard InChI is InChI=1S/C16H23NO2S/c1-12-10-17-16(20-12)14-7-3-2-6-13(14)11-19-15-8-4-5-9-18-15/h3,7,10,13-15H,2,4-6,8-9,11H2,1H3/t13-,14?,15?/m1/s1. The minimum absolute atomic E-state index is 0.0216. The smallest absolute Gasteiger partial charge is 0.157 e. The Hall–Kier alpha value is -0.710. The zero-order valence-electron chi connectivity index (χ0n) is 12.1. The third kappa shape index (κ3) is 3.48. The van der Waals surface area contributed by atoms with Crippen molar-refractivity contribution in [2.24, 2.45) is 5.92 Å². The van der Waals surface area contributed by atoms with Gasteiger partial charge in [0.05, 0.1) is 11.6 Å². The maximum absolute atomic E-state index is 6.00. The van der Waals surface area contributed by atoms with Crippen LogP contribution >= 0.6 is 11.3 Å². The summed E-state index contributed by atoms with van der Waals surface area (Å²) in [4.78, 5) is 5.85. The molecule has 1 aliphatic carbocycles. The van der Waals surface area contributed by atoms with Gasteiger partial charge in [0.15, 0.2) is 6.29 Å². The van der Waals surface area contributed by atoms with E-state index < -0.39 is 0 Å². The second-order valence-electron chi connectivity index (χ2n) is 5.73. The Morgan fingerprint density at radius 1 is 1.40 bits per heavy atom. The minimum atomic E-state index is 0.0216. The van der Waals surface area contributed by atoms with E-state index in [9.17, 15) is 0 Å². The van der Waals surface area contributed by atoms with Gasteiger partial charge in [-0.25, -0.2) is 4.98 Å². The molecule has 0 N–H and O–H groups in total. The van der Waals surface area contributed by atoms with Crippen molar-refractivity contribution in [3.63, 3.8) is 0 Å². The molecule has 110 valence electrons.